The molecule has 0 radical (unpaired) electrons. The van der Waals surface area contributed by atoms with Crippen LogP contribution in [0, 0.1) is 0 Å². The van der Waals surface area contributed by atoms with Gasteiger partial charge < -0.3 is 15.1 Å². The average molecular weight is 271 g/mol. The number of anilines is 2. The molecule has 1 aliphatic heterocycles. The fraction of sp³-hybridized carbons (Fsp3) is 0.214. The predicted molar refractivity (Wildman–Crippen MR) is 72.4 cm³/mol. The smallest absolute Gasteiger partial charge is 0.342 e. The number of aromatic nitrogens is 2. The minimum absolute atomic E-state index is 0.155. The van der Waals surface area contributed by atoms with Gasteiger partial charge in [0, 0.05) is 11.7 Å². The molecule has 1 atom stereocenters. The second-order valence-corrected chi connectivity index (χ2v) is 4.76. The van der Waals surface area contributed by atoms with E-state index in [1.54, 1.807) is 0 Å². The maximum Gasteiger partial charge on any atom is 0.342 e. The maximum absolute atomic E-state index is 10.9. The van der Waals surface area contributed by atoms with E-state index in [2.05, 4.69) is 9.97 Å². The lowest BCUT2D eigenvalue weighted by atomic mass is 10.1. The maximum atomic E-state index is 10.9. The molecule has 1 unspecified atom stereocenters. The van der Waals surface area contributed by atoms with Crippen LogP contribution < -0.4 is 4.90 Å². The van der Waals surface area contributed by atoms with E-state index in [0.29, 0.717) is 5.95 Å². The summed E-state index contributed by atoms with van der Waals surface area (Å²) in [5.74, 6) is -1.45. The second kappa shape index (κ2) is 4.48. The molecule has 1 aliphatic rings. The van der Waals surface area contributed by atoms with Gasteiger partial charge in [-0.15, -0.1) is 0 Å². The third kappa shape index (κ3) is 1.85. The van der Waals surface area contributed by atoms with Gasteiger partial charge in [0.1, 0.15) is 5.56 Å². The van der Waals surface area contributed by atoms with Crippen molar-refractivity contribution < 1.29 is 15.0 Å². The van der Waals surface area contributed by atoms with Gasteiger partial charge in [-0.3, -0.25) is 0 Å². The molecule has 0 saturated carbocycles. The number of carboxylic acids is 1. The Kier molecular flexibility index (Phi) is 2.78. The summed E-state index contributed by atoms with van der Waals surface area (Å²) in [6.07, 6.45) is 1.99. The first-order chi connectivity index (χ1) is 9.58. The molecule has 2 heterocycles. The van der Waals surface area contributed by atoms with Crippen LogP contribution in [0.1, 0.15) is 22.8 Å². The number of hydrogen-bond acceptors (Lipinski definition) is 5. The van der Waals surface area contributed by atoms with Gasteiger partial charge in [0.05, 0.1) is 6.20 Å². The van der Waals surface area contributed by atoms with Gasteiger partial charge in [0.25, 0.3) is 0 Å². The van der Waals surface area contributed by atoms with E-state index in [1.165, 1.54) is 5.56 Å². The third-order valence-corrected chi connectivity index (χ3v) is 3.41. The summed E-state index contributed by atoms with van der Waals surface area (Å²) in [7, 11) is 0. The molecular formula is C14H13N3O3. The summed E-state index contributed by atoms with van der Waals surface area (Å²) in [5, 5.41) is 18.6. The number of aromatic carboxylic acids is 1. The lowest BCUT2D eigenvalue weighted by molar-refractivity contribution is 0.0692. The van der Waals surface area contributed by atoms with Crippen molar-refractivity contribution in [3.05, 3.63) is 41.6 Å². The molecule has 0 amide bonds. The summed E-state index contributed by atoms with van der Waals surface area (Å²) in [6, 6.07) is 8.06. The molecular weight excluding hydrogens is 258 g/mol. The molecule has 102 valence electrons. The number of aromatic hydroxyl groups is 1. The normalized spacial score (nSPS) is 17.1. The highest BCUT2D eigenvalue weighted by atomic mass is 16.4. The van der Waals surface area contributed by atoms with Crippen molar-refractivity contribution in [3.8, 4) is 5.88 Å². The number of benzene rings is 1. The quantitative estimate of drug-likeness (QED) is 0.868. The Hall–Kier alpha value is -2.63. The monoisotopic (exact) mass is 271 g/mol. The van der Waals surface area contributed by atoms with Crippen molar-refractivity contribution >= 4 is 17.6 Å². The number of rotatable bonds is 2. The minimum Gasteiger partial charge on any atom is -0.493 e. The summed E-state index contributed by atoms with van der Waals surface area (Å²) in [6.45, 7) is 2.03. The van der Waals surface area contributed by atoms with Crippen LogP contribution in [0.15, 0.2) is 30.5 Å². The highest BCUT2D eigenvalue weighted by Gasteiger charge is 2.29. The van der Waals surface area contributed by atoms with Gasteiger partial charge in [0.15, 0.2) is 0 Å². The van der Waals surface area contributed by atoms with Crippen molar-refractivity contribution in [2.45, 2.75) is 19.4 Å². The number of para-hydroxylation sites is 1. The van der Waals surface area contributed by atoms with Crippen LogP contribution >= 0.6 is 0 Å². The van der Waals surface area contributed by atoms with Crippen LogP contribution in [0.25, 0.3) is 0 Å². The number of carbonyl (C=O) groups is 1. The van der Waals surface area contributed by atoms with E-state index >= 15 is 0 Å². The zero-order chi connectivity index (χ0) is 14.3. The van der Waals surface area contributed by atoms with E-state index in [4.69, 9.17) is 5.11 Å². The number of nitrogens with zero attached hydrogens (tertiary/aromatic N) is 3. The van der Waals surface area contributed by atoms with Crippen molar-refractivity contribution in [1.29, 1.82) is 0 Å². The highest BCUT2D eigenvalue weighted by Crippen LogP contribution is 2.36. The van der Waals surface area contributed by atoms with Gasteiger partial charge in [0.2, 0.25) is 11.8 Å². The standard InChI is InChI=1S/C14H13N3O3/c1-8-6-9-4-2-3-5-11(9)17(8)14-15-7-10(13(19)20)12(18)16-14/h2-5,7-8H,6H2,1H3,(H,19,20)(H,15,16,18). The van der Waals surface area contributed by atoms with Crippen molar-refractivity contribution in [1.82, 2.24) is 9.97 Å². The zero-order valence-electron chi connectivity index (χ0n) is 10.8. The number of fused-ring (bicyclic) bond motifs is 1. The first-order valence-electron chi connectivity index (χ1n) is 6.24. The molecule has 3 rings (SSSR count). The third-order valence-electron chi connectivity index (χ3n) is 3.41. The molecule has 6 heteroatoms. The van der Waals surface area contributed by atoms with Crippen LogP contribution in [0.2, 0.25) is 0 Å². The Morgan fingerprint density at radius 3 is 2.85 bits per heavy atom. The topological polar surface area (TPSA) is 86.6 Å². The molecule has 0 fully saturated rings. The Morgan fingerprint density at radius 2 is 2.15 bits per heavy atom. The molecule has 0 saturated heterocycles. The fourth-order valence-electron chi connectivity index (χ4n) is 2.50. The average Bonchev–Trinajstić information content (AvgIpc) is 2.73. The second-order valence-electron chi connectivity index (χ2n) is 4.76. The van der Waals surface area contributed by atoms with Crippen molar-refractivity contribution in [2.24, 2.45) is 0 Å². The van der Waals surface area contributed by atoms with E-state index < -0.39 is 11.8 Å². The molecule has 0 aliphatic carbocycles. The first-order valence-corrected chi connectivity index (χ1v) is 6.24. The summed E-state index contributed by atoms with van der Waals surface area (Å²) >= 11 is 0. The van der Waals surface area contributed by atoms with E-state index in [1.807, 2.05) is 36.1 Å². The predicted octanol–water partition coefficient (Wildman–Crippen LogP) is 1.96. The lowest BCUT2D eigenvalue weighted by Gasteiger charge is -2.22. The van der Waals surface area contributed by atoms with Gasteiger partial charge in [-0.05, 0) is 25.0 Å². The molecule has 2 N–H and O–H groups in total. The molecule has 1 aromatic heterocycles. The van der Waals surface area contributed by atoms with Gasteiger partial charge in [-0.1, -0.05) is 18.2 Å². The molecule has 20 heavy (non-hydrogen) atoms. The summed E-state index contributed by atoms with van der Waals surface area (Å²) in [4.78, 5) is 20.7. The fourth-order valence-corrected chi connectivity index (χ4v) is 2.50. The molecule has 2 aromatic rings. The minimum atomic E-state index is -1.25. The Labute approximate surface area is 115 Å². The van der Waals surface area contributed by atoms with Gasteiger partial charge >= 0.3 is 5.97 Å². The van der Waals surface area contributed by atoms with Gasteiger partial charge in [-0.2, -0.15) is 4.98 Å². The largest absolute Gasteiger partial charge is 0.493 e. The first kappa shape index (κ1) is 12.4. The van der Waals surface area contributed by atoms with E-state index in [-0.39, 0.29) is 11.6 Å². The van der Waals surface area contributed by atoms with E-state index in [0.717, 1.165) is 18.3 Å². The van der Waals surface area contributed by atoms with Gasteiger partial charge in [-0.25, -0.2) is 9.78 Å². The summed E-state index contributed by atoms with van der Waals surface area (Å²) in [5.41, 5.74) is 1.88. The summed E-state index contributed by atoms with van der Waals surface area (Å²) < 4.78 is 0. The molecule has 1 aromatic carbocycles. The van der Waals surface area contributed by atoms with Crippen LogP contribution in [0.5, 0.6) is 5.88 Å². The highest BCUT2D eigenvalue weighted by molar-refractivity contribution is 5.89. The molecule has 0 bridgehead atoms. The molecule has 0 spiro atoms. The van der Waals surface area contributed by atoms with Crippen LogP contribution in [-0.4, -0.2) is 32.2 Å². The number of hydrogen-bond donors (Lipinski definition) is 2. The Morgan fingerprint density at radius 1 is 1.40 bits per heavy atom. The Bertz CT molecular complexity index is 687. The SMILES string of the molecule is CC1Cc2ccccc2N1c1ncc(C(=O)O)c(O)n1. The van der Waals surface area contributed by atoms with Crippen molar-refractivity contribution in [3.63, 3.8) is 0 Å². The Balaban J connectivity index is 2.06. The van der Waals surface area contributed by atoms with Crippen LogP contribution in [-0.2, 0) is 6.42 Å². The van der Waals surface area contributed by atoms with Crippen LogP contribution in [0.4, 0.5) is 11.6 Å². The lowest BCUT2D eigenvalue weighted by Crippen LogP contribution is -2.26. The number of carboxylic acid groups (broad SMARTS) is 1. The van der Waals surface area contributed by atoms with Crippen LogP contribution in [0.3, 0.4) is 0 Å². The van der Waals surface area contributed by atoms with E-state index in [9.17, 15) is 9.90 Å². The zero-order valence-corrected chi connectivity index (χ0v) is 10.8. The van der Waals surface area contributed by atoms with Crippen molar-refractivity contribution in [2.75, 3.05) is 4.90 Å². The molecule has 6 nitrogen and oxygen atoms in total.